The Hall–Kier alpha value is -1.06. The molecule has 0 bridgehead atoms. The number of benzene rings is 1. The lowest BCUT2D eigenvalue weighted by Gasteiger charge is -2.33. The molecule has 1 aliphatic carbocycles. The van der Waals surface area contributed by atoms with E-state index < -0.39 is 0 Å². The molecule has 3 atom stereocenters. The Bertz CT molecular complexity index is 410. The molecule has 0 saturated heterocycles. The number of nitrogens with two attached hydrogens (primary N) is 1. The normalized spacial score (nSPS) is 23.5. The van der Waals surface area contributed by atoms with Gasteiger partial charge in [-0.05, 0) is 18.4 Å². The molecule has 112 valence electrons. The lowest BCUT2D eigenvalue weighted by Crippen LogP contribution is -2.44. The Morgan fingerprint density at radius 2 is 1.95 bits per heavy atom. The first-order chi connectivity index (χ1) is 9.22. The third kappa shape index (κ3) is 4.22. The molecule has 20 heavy (non-hydrogen) atoms. The van der Waals surface area contributed by atoms with Crippen molar-refractivity contribution in [3.05, 3.63) is 35.9 Å². The fourth-order valence-electron chi connectivity index (χ4n) is 2.83. The van der Waals surface area contributed by atoms with Crippen LogP contribution in [-0.2, 0) is 4.79 Å². The second-order valence-electron chi connectivity index (χ2n) is 5.55. The largest absolute Gasteiger partial charge is 0.352 e. The molecule has 3 nitrogen and oxygen atoms in total. The van der Waals surface area contributed by atoms with Crippen LogP contribution in [0.3, 0.4) is 0 Å². The number of hydrogen-bond acceptors (Lipinski definition) is 2. The van der Waals surface area contributed by atoms with Crippen LogP contribution in [0.25, 0.3) is 0 Å². The molecule has 3 N–H and O–H groups in total. The summed E-state index contributed by atoms with van der Waals surface area (Å²) in [5.41, 5.74) is 6.90. The lowest BCUT2D eigenvalue weighted by molar-refractivity contribution is -0.125. The summed E-state index contributed by atoms with van der Waals surface area (Å²) in [6.45, 7) is 2.30. The molecule has 1 amide bonds. The number of hydrogen-bond donors (Lipinski definition) is 2. The van der Waals surface area contributed by atoms with Crippen LogP contribution in [0.1, 0.15) is 44.1 Å². The first kappa shape index (κ1) is 17.0. The molecular weight excluding hydrogens is 272 g/mol. The van der Waals surface area contributed by atoms with Gasteiger partial charge in [0.15, 0.2) is 0 Å². The van der Waals surface area contributed by atoms with Gasteiger partial charge in [-0.1, -0.05) is 50.1 Å². The summed E-state index contributed by atoms with van der Waals surface area (Å²) < 4.78 is 0. The van der Waals surface area contributed by atoms with Gasteiger partial charge in [0.2, 0.25) is 5.91 Å². The monoisotopic (exact) mass is 296 g/mol. The molecule has 1 aromatic carbocycles. The first-order valence-electron chi connectivity index (χ1n) is 7.27. The standard InChI is InChI=1S/C16H24N2O.ClH/c1-12(11-17)16(19)18-15-10-6-5-9-14(15)13-7-3-2-4-8-13;/h2-4,7-8,12,14-15H,5-6,9-11,17H2,1H3,(H,18,19);1H. The van der Waals surface area contributed by atoms with E-state index in [2.05, 4.69) is 29.6 Å². The highest BCUT2D eigenvalue weighted by molar-refractivity contribution is 5.85. The fraction of sp³-hybridized carbons (Fsp3) is 0.562. The average molecular weight is 297 g/mol. The van der Waals surface area contributed by atoms with E-state index in [9.17, 15) is 4.79 Å². The number of carbonyl (C=O) groups is 1. The Kier molecular flexibility index (Phi) is 7.03. The van der Waals surface area contributed by atoms with Gasteiger partial charge in [0, 0.05) is 24.4 Å². The highest BCUT2D eigenvalue weighted by Crippen LogP contribution is 2.33. The molecule has 1 saturated carbocycles. The third-order valence-electron chi connectivity index (χ3n) is 4.12. The minimum absolute atomic E-state index is 0. The van der Waals surface area contributed by atoms with Gasteiger partial charge in [0.05, 0.1) is 0 Å². The van der Waals surface area contributed by atoms with Gasteiger partial charge < -0.3 is 11.1 Å². The topological polar surface area (TPSA) is 55.1 Å². The van der Waals surface area contributed by atoms with E-state index in [0.717, 1.165) is 12.8 Å². The van der Waals surface area contributed by atoms with E-state index in [1.165, 1.54) is 18.4 Å². The van der Waals surface area contributed by atoms with Crippen molar-refractivity contribution < 1.29 is 4.79 Å². The Labute approximate surface area is 127 Å². The van der Waals surface area contributed by atoms with Crippen molar-refractivity contribution in [3.63, 3.8) is 0 Å². The quantitative estimate of drug-likeness (QED) is 0.897. The Morgan fingerprint density at radius 1 is 1.30 bits per heavy atom. The van der Waals surface area contributed by atoms with Gasteiger partial charge in [0.1, 0.15) is 0 Å². The number of amides is 1. The third-order valence-corrected chi connectivity index (χ3v) is 4.12. The number of carbonyl (C=O) groups excluding carboxylic acids is 1. The summed E-state index contributed by atoms with van der Waals surface area (Å²) in [6, 6.07) is 10.8. The molecule has 0 radical (unpaired) electrons. The molecule has 4 heteroatoms. The number of nitrogens with one attached hydrogen (secondary N) is 1. The van der Waals surface area contributed by atoms with Crippen molar-refractivity contribution in [2.24, 2.45) is 11.7 Å². The van der Waals surface area contributed by atoms with Crippen molar-refractivity contribution in [2.75, 3.05) is 6.54 Å². The van der Waals surface area contributed by atoms with Crippen LogP contribution in [0.15, 0.2) is 30.3 Å². The van der Waals surface area contributed by atoms with Crippen molar-refractivity contribution in [2.45, 2.75) is 44.6 Å². The Balaban J connectivity index is 0.00000200. The predicted molar refractivity (Wildman–Crippen MR) is 85.0 cm³/mol. The van der Waals surface area contributed by atoms with Crippen molar-refractivity contribution in [1.29, 1.82) is 0 Å². The first-order valence-corrected chi connectivity index (χ1v) is 7.27. The fourth-order valence-corrected chi connectivity index (χ4v) is 2.83. The zero-order valence-corrected chi connectivity index (χ0v) is 12.9. The highest BCUT2D eigenvalue weighted by Gasteiger charge is 2.28. The molecule has 0 heterocycles. The van der Waals surface area contributed by atoms with Crippen molar-refractivity contribution >= 4 is 18.3 Å². The van der Waals surface area contributed by atoms with Gasteiger partial charge >= 0.3 is 0 Å². The van der Waals surface area contributed by atoms with Crippen LogP contribution in [0.5, 0.6) is 0 Å². The maximum Gasteiger partial charge on any atom is 0.224 e. The molecular formula is C16H25ClN2O. The van der Waals surface area contributed by atoms with E-state index in [1.807, 2.05) is 13.0 Å². The minimum atomic E-state index is -0.0988. The van der Waals surface area contributed by atoms with Gasteiger partial charge in [-0.15, -0.1) is 12.4 Å². The molecule has 2 rings (SSSR count). The van der Waals surface area contributed by atoms with Crippen LogP contribution in [0.2, 0.25) is 0 Å². The average Bonchev–Trinajstić information content (AvgIpc) is 2.47. The smallest absolute Gasteiger partial charge is 0.224 e. The van der Waals surface area contributed by atoms with Crippen LogP contribution >= 0.6 is 12.4 Å². The number of halogens is 1. The van der Waals surface area contributed by atoms with Crippen LogP contribution in [0.4, 0.5) is 0 Å². The molecule has 0 spiro atoms. The van der Waals surface area contributed by atoms with Gasteiger partial charge in [0.25, 0.3) is 0 Å². The summed E-state index contributed by atoms with van der Waals surface area (Å²) in [7, 11) is 0. The van der Waals surface area contributed by atoms with Gasteiger partial charge in [-0.2, -0.15) is 0 Å². The van der Waals surface area contributed by atoms with E-state index in [4.69, 9.17) is 5.73 Å². The lowest BCUT2D eigenvalue weighted by atomic mass is 9.80. The molecule has 0 aromatic heterocycles. The summed E-state index contributed by atoms with van der Waals surface area (Å²) in [5.74, 6) is 0.442. The van der Waals surface area contributed by atoms with E-state index >= 15 is 0 Å². The summed E-state index contributed by atoms with van der Waals surface area (Å²) in [4.78, 5) is 12.0. The van der Waals surface area contributed by atoms with Gasteiger partial charge in [-0.3, -0.25) is 4.79 Å². The maximum atomic E-state index is 12.0. The number of rotatable bonds is 4. The van der Waals surface area contributed by atoms with Crippen molar-refractivity contribution in [1.82, 2.24) is 5.32 Å². The second-order valence-corrected chi connectivity index (χ2v) is 5.55. The molecule has 1 fully saturated rings. The highest BCUT2D eigenvalue weighted by atomic mass is 35.5. The van der Waals surface area contributed by atoms with E-state index in [0.29, 0.717) is 12.5 Å². The summed E-state index contributed by atoms with van der Waals surface area (Å²) in [6.07, 6.45) is 4.68. The maximum absolute atomic E-state index is 12.0. The molecule has 3 unspecified atom stereocenters. The molecule has 1 aliphatic rings. The summed E-state index contributed by atoms with van der Waals surface area (Å²) >= 11 is 0. The SMILES string of the molecule is CC(CN)C(=O)NC1CCCCC1c1ccccc1.Cl. The second kappa shape index (κ2) is 8.28. The zero-order valence-electron chi connectivity index (χ0n) is 12.0. The Morgan fingerprint density at radius 3 is 2.60 bits per heavy atom. The van der Waals surface area contributed by atoms with Crippen LogP contribution in [-0.4, -0.2) is 18.5 Å². The molecule has 1 aromatic rings. The van der Waals surface area contributed by atoms with E-state index in [-0.39, 0.29) is 30.3 Å². The van der Waals surface area contributed by atoms with Gasteiger partial charge in [-0.25, -0.2) is 0 Å². The summed E-state index contributed by atoms with van der Waals surface area (Å²) in [5, 5.41) is 3.20. The zero-order chi connectivity index (χ0) is 13.7. The molecule has 0 aliphatic heterocycles. The van der Waals surface area contributed by atoms with E-state index in [1.54, 1.807) is 0 Å². The van der Waals surface area contributed by atoms with Crippen LogP contribution < -0.4 is 11.1 Å². The van der Waals surface area contributed by atoms with Crippen molar-refractivity contribution in [3.8, 4) is 0 Å². The predicted octanol–water partition coefficient (Wildman–Crippen LogP) is 2.85. The minimum Gasteiger partial charge on any atom is -0.352 e. The van der Waals surface area contributed by atoms with Crippen LogP contribution in [0, 0.1) is 5.92 Å².